The quantitative estimate of drug-likeness (QED) is 0.863. The van der Waals surface area contributed by atoms with Gasteiger partial charge in [-0.3, -0.25) is 4.79 Å². The zero-order chi connectivity index (χ0) is 14.5. The maximum atomic E-state index is 12.5. The van der Waals surface area contributed by atoms with Crippen LogP contribution in [-0.4, -0.2) is 18.0 Å². The van der Waals surface area contributed by atoms with E-state index in [1.165, 1.54) is 12.1 Å². The molecule has 0 bridgehead atoms. The van der Waals surface area contributed by atoms with Crippen molar-refractivity contribution in [1.82, 2.24) is 10.6 Å². The summed E-state index contributed by atoms with van der Waals surface area (Å²) in [5.41, 5.74) is 0.466. The van der Waals surface area contributed by atoms with Crippen LogP contribution in [0.15, 0.2) is 24.3 Å². The van der Waals surface area contributed by atoms with Crippen LogP contribution in [0.5, 0.6) is 0 Å². The molecule has 0 aromatic heterocycles. The molecule has 1 aromatic rings. The Balaban J connectivity index is 2.41. The van der Waals surface area contributed by atoms with E-state index in [0.29, 0.717) is 6.54 Å². The molecule has 0 aliphatic rings. The third-order valence-corrected chi connectivity index (χ3v) is 2.33. The van der Waals surface area contributed by atoms with E-state index in [1.807, 2.05) is 20.8 Å². The molecule has 0 aliphatic carbocycles. The highest BCUT2D eigenvalue weighted by atomic mass is 19.3. The van der Waals surface area contributed by atoms with Crippen LogP contribution in [-0.2, 0) is 11.3 Å². The molecule has 0 saturated carbocycles. The van der Waals surface area contributed by atoms with Gasteiger partial charge in [-0.05, 0) is 32.4 Å². The summed E-state index contributed by atoms with van der Waals surface area (Å²) in [4.78, 5) is 11.5. The SMILES string of the molecule is CC(C)(C)NC(=O)CNCc1cccc(C(F)F)c1. The van der Waals surface area contributed by atoms with Crippen molar-refractivity contribution in [3.63, 3.8) is 0 Å². The van der Waals surface area contributed by atoms with E-state index < -0.39 is 6.43 Å². The first-order chi connectivity index (χ1) is 8.78. The van der Waals surface area contributed by atoms with Gasteiger partial charge in [0.1, 0.15) is 0 Å². The van der Waals surface area contributed by atoms with Crippen LogP contribution >= 0.6 is 0 Å². The summed E-state index contributed by atoms with van der Waals surface area (Å²) in [6.45, 7) is 6.25. The third kappa shape index (κ3) is 6.29. The van der Waals surface area contributed by atoms with E-state index in [1.54, 1.807) is 12.1 Å². The van der Waals surface area contributed by atoms with Crippen LogP contribution in [0.25, 0.3) is 0 Å². The lowest BCUT2D eigenvalue weighted by atomic mass is 10.1. The van der Waals surface area contributed by atoms with Crippen LogP contribution < -0.4 is 10.6 Å². The van der Waals surface area contributed by atoms with Gasteiger partial charge in [-0.15, -0.1) is 0 Å². The van der Waals surface area contributed by atoms with E-state index >= 15 is 0 Å². The topological polar surface area (TPSA) is 41.1 Å². The largest absolute Gasteiger partial charge is 0.350 e. The fourth-order valence-electron chi connectivity index (χ4n) is 1.62. The Labute approximate surface area is 112 Å². The number of benzene rings is 1. The predicted molar refractivity (Wildman–Crippen MR) is 71.0 cm³/mol. The fourth-order valence-corrected chi connectivity index (χ4v) is 1.62. The van der Waals surface area contributed by atoms with Crippen LogP contribution in [0.4, 0.5) is 8.78 Å². The normalized spacial score (nSPS) is 11.7. The highest BCUT2D eigenvalue weighted by Gasteiger charge is 2.13. The highest BCUT2D eigenvalue weighted by Crippen LogP contribution is 2.19. The van der Waals surface area contributed by atoms with Gasteiger partial charge in [0.25, 0.3) is 6.43 Å². The highest BCUT2D eigenvalue weighted by molar-refractivity contribution is 5.78. The molecule has 1 amide bonds. The summed E-state index contributed by atoms with van der Waals surface area (Å²) in [5.74, 6) is -0.113. The summed E-state index contributed by atoms with van der Waals surface area (Å²) in [6, 6.07) is 6.17. The van der Waals surface area contributed by atoms with E-state index in [4.69, 9.17) is 0 Å². The first kappa shape index (κ1) is 15.6. The summed E-state index contributed by atoms with van der Waals surface area (Å²) < 4.78 is 25.0. The molecule has 0 fully saturated rings. The number of rotatable bonds is 5. The number of alkyl halides is 2. The molecule has 0 atom stereocenters. The molecule has 1 rings (SSSR count). The summed E-state index contributed by atoms with van der Waals surface area (Å²) in [7, 11) is 0. The van der Waals surface area contributed by atoms with Crippen molar-refractivity contribution in [3.8, 4) is 0 Å². The fraction of sp³-hybridized carbons (Fsp3) is 0.500. The van der Waals surface area contributed by atoms with Crippen molar-refractivity contribution in [2.45, 2.75) is 39.3 Å². The number of nitrogens with one attached hydrogen (secondary N) is 2. The van der Waals surface area contributed by atoms with Crippen molar-refractivity contribution in [2.24, 2.45) is 0 Å². The molecule has 1 aromatic carbocycles. The first-order valence-electron chi connectivity index (χ1n) is 6.16. The molecule has 0 aliphatic heterocycles. The average molecular weight is 270 g/mol. The minimum absolute atomic E-state index is 0.00144. The molecule has 0 heterocycles. The standard InChI is InChI=1S/C14H20F2N2O/c1-14(2,3)18-12(19)9-17-8-10-5-4-6-11(7-10)13(15)16/h4-7,13,17H,8-9H2,1-3H3,(H,18,19). The van der Waals surface area contributed by atoms with Crippen LogP contribution in [0.1, 0.15) is 38.3 Å². The lowest BCUT2D eigenvalue weighted by Gasteiger charge is -2.20. The molecule has 2 N–H and O–H groups in total. The monoisotopic (exact) mass is 270 g/mol. The molecule has 0 spiro atoms. The lowest BCUT2D eigenvalue weighted by molar-refractivity contribution is -0.121. The Kier molecular flexibility index (Phi) is 5.42. The van der Waals surface area contributed by atoms with E-state index in [0.717, 1.165) is 5.56 Å². The van der Waals surface area contributed by atoms with Crippen LogP contribution in [0.2, 0.25) is 0 Å². The van der Waals surface area contributed by atoms with Crippen molar-refractivity contribution in [1.29, 1.82) is 0 Å². The Hall–Kier alpha value is -1.49. The van der Waals surface area contributed by atoms with Crippen LogP contribution in [0.3, 0.4) is 0 Å². The zero-order valence-electron chi connectivity index (χ0n) is 11.5. The van der Waals surface area contributed by atoms with Gasteiger partial charge in [0.05, 0.1) is 6.54 Å². The Morgan fingerprint density at radius 1 is 1.32 bits per heavy atom. The number of halogens is 2. The summed E-state index contributed by atoms with van der Waals surface area (Å²) >= 11 is 0. The van der Waals surface area contributed by atoms with Gasteiger partial charge in [-0.25, -0.2) is 8.78 Å². The van der Waals surface area contributed by atoms with Crippen molar-refractivity contribution < 1.29 is 13.6 Å². The van der Waals surface area contributed by atoms with Crippen molar-refractivity contribution >= 4 is 5.91 Å². The smallest absolute Gasteiger partial charge is 0.263 e. The zero-order valence-corrected chi connectivity index (χ0v) is 11.5. The minimum Gasteiger partial charge on any atom is -0.350 e. The Morgan fingerprint density at radius 3 is 2.58 bits per heavy atom. The maximum Gasteiger partial charge on any atom is 0.263 e. The van der Waals surface area contributed by atoms with Gasteiger partial charge >= 0.3 is 0 Å². The second kappa shape index (κ2) is 6.61. The van der Waals surface area contributed by atoms with Gasteiger partial charge < -0.3 is 10.6 Å². The van der Waals surface area contributed by atoms with E-state index in [9.17, 15) is 13.6 Å². The van der Waals surface area contributed by atoms with Gasteiger partial charge in [-0.1, -0.05) is 18.2 Å². The van der Waals surface area contributed by atoms with Gasteiger partial charge in [-0.2, -0.15) is 0 Å². The molecule has 0 unspecified atom stereocenters. The number of carbonyl (C=O) groups excluding carboxylic acids is 1. The first-order valence-corrected chi connectivity index (χ1v) is 6.16. The molecular formula is C14H20F2N2O. The molecule has 3 nitrogen and oxygen atoms in total. The average Bonchev–Trinajstić information content (AvgIpc) is 2.27. The molecule has 0 saturated heterocycles. The second-order valence-corrected chi connectivity index (χ2v) is 5.45. The molecule has 5 heteroatoms. The summed E-state index contributed by atoms with van der Waals surface area (Å²) in [6.07, 6.45) is -2.47. The van der Waals surface area contributed by atoms with Crippen LogP contribution in [0, 0.1) is 0 Å². The number of carbonyl (C=O) groups is 1. The number of hydrogen-bond donors (Lipinski definition) is 2. The van der Waals surface area contributed by atoms with Gasteiger partial charge in [0.15, 0.2) is 0 Å². The van der Waals surface area contributed by atoms with E-state index in [2.05, 4.69) is 10.6 Å². The minimum atomic E-state index is -2.47. The predicted octanol–water partition coefficient (Wildman–Crippen LogP) is 2.63. The number of amides is 1. The second-order valence-electron chi connectivity index (χ2n) is 5.45. The Morgan fingerprint density at radius 2 is 2.00 bits per heavy atom. The van der Waals surface area contributed by atoms with Gasteiger partial charge in [0, 0.05) is 17.6 Å². The summed E-state index contributed by atoms with van der Waals surface area (Å²) in [5, 5.41) is 5.75. The van der Waals surface area contributed by atoms with Crippen molar-refractivity contribution in [3.05, 3.63) is 35.4 Å². The molecule has 19 heavy (non-hydrogen) atoms. The van der Waals surface area contributed by atoms with Gasteiger partial charge in [0.2, 0.25) is 5.91 Å². The lowest BCUT2D eigenvalue weighted by Crippen LogP contribution is -2.44. The van der Waals surface area contributed by atoms with Crippen molar-refractivity contribution in [2.75, 3.05) is 6.54 Å². The Bertz CT molecular complexity index is 428. The molecule has 106 valence electrons. The maximum absolute atomic E-state index is 12.5. The molecular weight excluding hydrogens is 250 g/mol. The number of hydrogen-bond acceptors (Lipinski definition) is 2. The third-order valence-electron chi connectivity index (χ3n) is 2.33. The van der Waals surface area contributed by atoms with E-state index in [-0.39, 0.29) is 23.6 Å². The molecule has 0 radical (unpaired) electrons.